The van der Waals surface area contributed by atoms with Crippen LogP contribution in [0.25, 0.3) is 0 Å². The summed E-state index contributed by atoms with van der Waals surface area (Å²) in [5.74, 6) is 0.879. The van der Waals surface area contributed by atoms with E-state index in [0.29, 0.717) is 6.61 Å². The summed E-state index contributed by atoms with van der Waals surface area (Å²) in [6.45, 7) is 8.30. The highest BCUT2D eigenvalue weighted by Gasteiger charge is 1.99. The van der Waals surface area contributed by atoms with Crippen molar-refractivity contribution in [2.45, 2.75) is 25.6 Å². The molecule has 0 saturated carbocycles. The van der Waals surface area contributed by atoms with E-state index in [0.717, 1.165) is 17.7 Å². The van der Waals surface area contributed by atoms with E-state index in [9.17, 15) is 0 Å². The maximum Gasteiger partial charge on any atom is 0.119 e. The smallest absolute Gasteiger partial charge is 0.119 e. The second-order valence-electron chi connectivity index (χ2n) is 3.87. The number of alkyl halides is 1. The van der Waals surface area contributed by atoms with Crippen LogP contribution in [-0.4, -0.2) is 12.0 Å². The van der Waals surface area contributed by atoms with Crippen LogP contribution in [0.15, 0.2) is 36.4 Å². The SMILES string of the molecule is C=C(C)COc1ccc(CC(C)Cl)cc1. The third kappa shape index (κ3) is 4.89. The van der Waals surface area contributed by atoms with Gasteiger partial charge in [-0.05, 0) is 43.5 Å². The fourth-order valence-electron chi connectivity index (χ4n) is 1.25. The summed E-state index contributed by atoms with van der Waals surface area (Å²) in [6.07, 6.45) is 0.891. The Bertz CT molecular complexity index is 314. The van der Waals surface area contributed by atoms with Crippen molar-refractivity contribution in [3.8, 4) is 5.75 Å². The fraction of sp³-hybridized carbons (Fsp3) is 0.385. The van der Waals surface area contributed by atoms with Crippen molar-refractivity contribution < 1.29 is 4.74 Å². The van der Waals surface area contributed by atoms with E-state index in [1.54, 1.807) is 0 Å². The molecule has 1 atom stereocenters. The molecule has 0 spiro atoms. The van der Waals surface area contributed by atoms with Crippen LogP contribution in [0.5, 0.6) is 5.75 Å². The van der Waals surface area contributed by atoms with E-state index >= 15 is 0 Å². The highest BCUT2D eigenvalue weighted by Crippen LogP contribution is 2.15. The Hall–Kier alpha value is -0.950. The van der Waals surface area contributed by atoms with Crippen molar-refractivity contribution in [1.29, 1.82) is 0 Å². The molecule has 82 valence electrons. The van der Waals surface area contributed by atoms with Gasteiger partial charge in [0.1, 0.15) is 12.4 Å². The second-order valence-corrected chi connectivity index (χ2v) is 4.62. The molecule has 1 unspecified atom stereocenters. The minimum atomic E-state index is 0.173. The quantitative estimate of drug-likeness (QED) is 0.546. The molecule has 1 aromatic carbocycles. The van der Waals surface area contributed by atoms with Gasteiger partial charge in [-0.15, -0.1) is 11.6 Å². The van der Waals surface area contributed by atoms with Gasteiger partial charge in [-0.25, -0.2) is 0 Å². The van der Waals surface area contributed by atoms with Gasteiger partial charge in [0.25, 0.3) is 0 Å². The molecular formula is C13H17ClO. The van der Waals surface area contributed by atoms with E-state index in [1.165, 1.54) is 5.56 Å². The zero-order chi connectivity index (χ0) is 11.3. The summed E-state index contributed by atoms with van der Waals surface area (Å²) < 4.78 is 5.49. The summed E-state index contributed by atoms with van der Waals surface area (Å²) in [6, 6.07) is 8.04. The van der Waals surface area contributed by atoms with Crippen LogP contribution >= 0.6 is 11.6 Å². The molecule has 0 aliphatic carbocycles. The lowest BCUT2D eigenvalue weighted by Gasteiger charge is -2.07. The lowest BCUT2D eigenvalue weighted by atomic mass is 10.1. The fourth-order valence-corrected chi connectivity index (χ4v) is 1.43. The standard InChI is InChI=1S/C13H17ClO/c1-10(2)9-15-13-6-4-12(5-7-13)8-11(3)14/h4-7,11H,1,8-9H2,2-3H3. The maximum atomic E-state index is 5.91. The van der Waals surface area contributed by atoms with Crippen molar-refractivity contribution in [2.75, 3.05) is 6.61 Å². The summed E-state index contributed by atoms with van der Waals surface area (Å²) in [5, 5.41) is 0.173. The number of rotatable bonds is 5. The van der Waals surface area contributed by atoms with Crippen molar-refractivity contribution in [3.05, 3.63) is 42.0 Å². The van der Waals surface area contributed by atoms with Gasteiger partial charge in [-0.2, -0.15) is 0 Å². The Morgan fingerprint density at radius 2 is 2.00 bits per heavy atom. The first kappa shape index (κ1) is 12.1. The van der Waals surface area contributed by atoms with Gasteiger partial charge in [0.05, 0.1) is 0 Å². The molecule has 0 N–H and O–H groups in total. The molecule has 15 heavy (non-hydrogen) atoms. The Labute approximate surface area is 96.7 Å². The number of hydrogen-bond acceptors (Lipinski definition) is 1. The highest BCUT2D eigenvalue weighted by atomic mass is 35.5. The van der Waals surface area contributed by atoms with Crippen LogP contribution in [-0.2, 0) is 6.42 Å². The third-order valence-electron chi connectivity index (χ3n) is 1.93. The lowest BCUT2D eigenvalue weighted by molar-refractivity contribution is 0.352. The van der Waals surface area contributed by atoms with E-state index in [-0.39, 0.29) is 5.38 Å². The van der Waals surface area contributed by atoms with Crippen molar-refractivity contribution >= 4 is 11.6 Å². The van der Waals surface area contributed by atoms with Crippen LogP contribution in [0.1, 0.15) is 19.4 Å². The Morgan fingerprint density at radius 1 is 1.40 bits per heavy atom. The Balaban J connectivity index is 2.52. The topological polar surface area (TPSA) is 9.23 Å². The molecule has 0 fully saturated rings. The molecule has 2 heteroatoms. The molecule has 0 aliphatic rings. The Morgan fingerprint density at radius 3 is 2.47 bits per heavy atom. The first-order valence-electron chi connectivity index (χ1n) is 5.08. The van der Waals surface area contributed by atoms with E-state index in [4.69, 9.17) is 16.3 Å². The normalized spacial score (nSPS) is 12.2. The Kier molecular flexibility index (Phi) is 4.70. The first-order valence-corrected chi connectivity index (χ1v) is 5.52. The molecule has 0 saturated heterocycles. The zero-order valence-electron chi connectivity index (χ0n) is 9.29. The van der Waals surface area contributed by atoms with Crippen LogP contribution in [0.4, 0.5) is 0 Å². The van der Waals surface area contributed by atoms with Crippen molar-refractivity contribution in [2.24, 2.45) is 0 Å². The average Bonchev–Trinajstić information content (AvgIpc) is 2.16. The van der Waals surface area contributed by atoms with Gasteiger partial charge in [0.2, 0.25) is 0 Å². The van der Waals surface area contributed by atoms with Gasteiger partial charge in [0, 0.05) is 5.38 Å². The van der Waals surface area contributed by atoms with E-state index < -0.39 is 0 Å². The minimum absolute atomic E-state index is 0.173. The molecule has 1 nitrogen and oxygen atoms in total. The van der Waals surface area contributed by atoms with Crippen LogP contribution in [0.3, 0.4) is 0 Å². The van der Waals surface area contributed by atoms with Crippen LogP contribution < -0.4 is 4.74 Å². The monoisotopic (exact) mass is 224 g/mol. The predicted octanol–water partition coefficient (Wildman–Crippen LogP) is 3.81. The number of hydrogen-bond donors (Lipinski definition) is 0. The van der Waals surface area contributed by atoms with Gasteiger partial charge >= 0.3 is 0 Å². The van der Waals surface area contributed by atoms with Gasteiger partial charge < -0.3 is 4.74 Å². The highest BCUT2D eigenvalue weighted by molar-refractivity contribution is 6.20. The molecule has 0 radical (unpaired) electrons. The minimum Gasteiger partial charge on any atom is -0.489 e. The largest absolute Gasteiger partial charge is 0.489 e. The van der Waals surface area contributed by atoms with Gasteiger partial charge in [-0.3, -0.25) is 0 Å². The van der Waals surface area contributed by atoms with Crippen molar-refractivity contribution in [3.63, 3.8) is 0 Å². The summed E-state index contributed by atoms with van der Waals surface area (Å²) in [5.41, 5.74) is 2.26. The number of halogens is 1. The number of ether oxygens (including phenoxy) is 1. The van der Waals surface area contributed by atoms with E-state index in [2.05, 4.69) is 6.58 Å². The lowest BCUT2D eigenvalue weighted by Crippen LogP contribution is -1.99. The second kappa shape index (κ2) is 5.82. The van der Waals surface area contributed by atoms with Crippen LogP contribution in [0, 0.1) is 0 Å². The zero-order valence-corrected chi connectivity index (χ0v) is 10.1. The third-order valence-corrected chi connectivity index (χ3v) is 2.08. The first-order chi connectivity index (χ1) is 7.08. The van der Waals surface area contributed by atoms with Crippen LogP contribution in [0.2, 0.25) is 0 Å². The molecule has 0 aliphatic heterocycles. The molecule has 0 bridgehead atoms. The van der Waals surface area contributed by atoms with Gasteiger partial charge in [0.15, 0.2) is 0 Å². The molecule has 0 heterocycles. The number of benzene rings is 1. The maximum absolute atomic E-state index is 5.91. The molecular weight excluding hydrogens is 208 g/mol. The summed E-state index contributed by atoms with van der Waals surface area (Å²) >= 11 is 5.91. The summed E-state index contributed by atoms with van der Waals surface area (Å²) in [7, 11) is 0. The molecule has 1 aromatic rings. The molecule has 1 rings (SSSR count). The molecule has 0 aromatic heterocycles. The predicted molar refractivity (Wildman–Crippen MR) is 65.8 cm³/mol. The van der Waals surface area contributed by atoms with E-state index in [1.807, 2.05) is 38.1 Å². The molecule has 0 amide bonds. The summed E-state index contributed by atoms with van der Waals surface area (Å²) in [4.78, 5) is 0. The average molecular weight is 225 g/mol. The van der Waals surface area contributed by atoms with Crippen molar-refractivity contribution in [1.82, 2.24) is 0 Å². The van der Waals surface area contributed by atoms with Gasteiger partial charge in [-0.1, -0.05) is 18.7 Å².